The summed E-state index contributed by atoms with van der Waals surface area (Å²) in [5.41, 5.74) is 1.97. The van der Waals surface area contributed by atoms with Crippen LogP contribution in [0.1, 0.15) is 41.2 Å². The van der Waals surface area contributed by atoms with Crippen LogP contribution in [-0.4, -0.2) is 30.4 Å². The number of nitrogens with zero attached hydrogens (tertiary/aromatic N) is 1. The minimum atomic E-state index is -0.0135. The Morgan fingerprint density at radius 3 is 2.33 bits per heavy atom. The fourth-order valence-corrected chi connectivity index (χ4v) is 3.52. The van der Waals surface area contributed by atoms with Crippen molar-refractivity contribution in [3.05, 3.63) is 70.2 Å². The Balaban J connectivity index is 1.69. The number of benzene rings is 2. The zero-order valence-electron chi connectivity index (χ0n) is 13.7. The van der Waals surface area contributed by atoms with Crippen LogP contribution in [0.4, 0.5) is 0 Å². The molecule has 0 radical (unpaired) electrons. The van der Waals surface area contributed by atoms with Gasteiger partial charge in [-0.3, -0.25) is 9.69 Å². The molecule has 126 valence electrons. The first-order chi connectivity index (χ1) is 11.7. The van der Waals surface area contributed by atoms with Crippen LogP contribution in [0.25, 0.3) is 0 Å². The van der Waals surface area contributed by atoms with E-state index in [1.807, 2.05) is 30.3 Å². The number of halogens is 1. The maximum absolute atomic E-state index is 12.4. The minimum absolute atomic E-state index is 0.0135. The van der Waals surface area contributed by atoms with Crippen molar-refractivity contribution in [2.45, 2.75) is 25.3 Å². The first kappa shape index (κ1) is 17.2. The van der Waals surface area contributed by atoms with Crippen molar-refractivity contribution in [3.63, 3.8) is 0 Å². The molecule has 0 spiro atoms. The van der Waals surface area contributed by atoms with Crippen molar-refractivity contribution in [2.24, 2.45) is 0 Å². The lowest BCUT2D eigenvalue weighted by atomic mass is 10.0. The Hall–Kier alpha value is -1.65. The highest BCUT2D eigenvalue weighted by molar-refractivity contribution is 9.10. The van der Waals surface area contributed by atoms with Crippen molar-refractivity contribution in [2.75, 3.05) is 19.6 Å². The molecule has 1 aliphatic heterocycles. The van der Waals surface area contributed by atoms with Crippen molar-refractivity contribution in [1.29, 1.82) is 0 Å². The lowest BCUT2D eigenvalue weighted by molar-refractivity contribution is 0.0924. The molecule has 0 unspecified atom stereocenters. The summed E-state index contributed by atoms with van der Waals surface area (Å²) >= 11 is 3.40. The Morgan fingerprint density at radius 1 is 1.00 bits per heavy atom. The Labute approximate surface area is 152 Å². The van der Waals surface area contributed by atoms with Gasteiger partial charge in [-0.15, -0.1) is 0 Å². The van der Waals surface area contributed by atoms with Crippen LogP contribution >= 0.6 is 15.9 Å². The number of carbonyl (C=O) groups excluding carboxylic acids is 1. The van der Waals surface area contributed by atoms with Gasteiger partial charge in [0.1, 0.15) is 0 Å². The Kier molecular flexibility index (Phi) is 6.05. The number of amides is 1. The van der Waals surface area contributed by atoms with E-state index in [2.05, 4.69) is 50.4 Å². The lowest BCUT2D eigenvalue weighted by Gasteiger charge is -2.35. The summed E-state index contributed by atoms with van der Waals surface area (Å²) in [5, 5.41) is 3.12. The van der Waals surface area contributed by atoms with E-state index < -0.39 is 0 Å². The van der Waals surface area contributed by atoms with E-state index in [4.69, 9.17) is 0 Å². The largest absolute Gasteiger partial charge is 0.350 e. The molecule has 2 aromatic rings. The molecule has 3 nitrogen and oxygen atoms in total. The van der Waals surface area contributed by atoms with Crippen LogP contribution in [0, 0.1) is 0 Å². The number of hydrogen-bond donors (Lipinski definition) is 1. The zero-order chi connectivity index (χ0) is 16.8. The molecule has 2 aromatic carbocycles. The molecule has 1 N–H and O–H groups in total. The van der Waals surface area contributed by atoms with Gasteiger partial charge < -0.3 is 5.32 Å². The number of likely N-dealkylation sites (tertiary alicyclic amines) is 1. The van der Waals surface area contributed by atoms with Gasteiger partial charge in [0, 0.05) is 16.6 Å². The first-order valence-electron chi connectivity index (χ1n) is 8.57. The van der Waals surface area contributed by atoms with Gasteiger partial charge in [-0.2, -0.15) is 0 Å². The Bertz CT molecular complexity index is 651. The second-order valence-corrected chi connectivity index (χ2v) is 7.16. The van der Waals surface area contributed by atoms with E-state index in [9.17, 15) is 4.79 Å². The van der Waals surface area contributed by atoms with Crippen LogP contribution in [0.15, 0.2) is 59.1 Å². The fraction of sp³-hybridized carbons (Fsp3) is 0.350. The summed E-state index contributed by atoms with van der Waals surface area (Å²) in [6, 6.07) is 18.2. The second kappa shape index (κ2) is 8.45. The van der Waals surface area contributed by atoms with E-state index in [0.717, 1.165) is 17.6 Å². The lowest BCUT2D eigenvalue weighted by Crippen LogP contribution is -2.40. The van der Waals surface area contributed by atoms with Crippen molar-refractivity contribution in [3.8, 4) is 0 Å². The van der Waals surface area contributed by atoms with E-state index in [1.165, 1.54) is 24.8 Å². The monoisotopic (exact) mass is 386 g/mol. The SMILES string of the molecule is O=C(NC[C@H](c1ccccc1)N1CCCCC1)c1ccc(Br)cc1. The topological polar surface area (TPSA) is 32.3 Å². The molecule has 0 aromatic heterocycles. The van der Waals surface area contributed by atoms with Gasteiger partial charge in [0.05, 0.1) is 6.04 Å². The molecule has 24 heavy (non-hydrogen) atoms. The summed E-state index contributed by atoms with van der Waals surface area (Å²) in [6.45, 7) is 2.85. The van der Waals surface area contributed by atoms with Gasteiger partial charge in [-0.25, -0.2) is 0 Å². The summed E-state index contributed by atoms with van der Waals surface area (Å²) < 4.78 is 0.981. The minimum Gasteiger partial charge on any atom is -0.350 e. The molecule has 0 bridgehead atoms. The number of nitrogens with one attached hydrogen (secondary N) is 1. The number of hydrogen-bond acceptors (Lipinski definition) is 2. The van der Waals surface area contributed by atoms with Gasteiger partial charge in [0.25, 0.3) is 5.91 Å². The molecule has 1 saturated heterocycles. The normalized spacial score (nSPS) is 16.5. The highest BCUT2D eigenvalue weighted by Gasteiger charge is 2.22. The van der Waals surface area contributed by atoms with E-state index in [0.29, 0.717) is 12.1 Å². The quantitative estimate of drug-likeness (QED) is 0.825. The summed E-state index contributed by atoms with van der Waals surface area (Å²) in [5.74, 6) is -0.0135. The van der Waals surface area contributed by atoms with Crippen molar-refractivity contribution in [1.82, 2.24) is 10.2 Å². The number of carbonyl (C=O) groups is 1. The molecular weight excluding hydrogens is 364 g/mol. The van der Waals surface area contributed by atoms with E-state index in [-0.39, 0.29) is 11.9 Å². The van der Waals surface area contributed by atoms with Crippen LogP contribution < -0.4 is 5.32 Å². The fourth-order valence-electron chi connectivity index (χ4n) is 3.26. The van der Waals surface area contributed by atoms with Gasteiger partial charge in [-0.05, 0) is 55.8 Å². The maximum atomic E-state index is 12.4. The molecule has 0 saturated carbocycles. The van der Waals surface area contributed by atoms with Crippen molar-refractivity contribution >= 4 is 21.8 Å². The molecule has 4 heteroatoms. The Morgan fingerprint density at radius 2 is 1.67 bits per heavy atom. The maximum Gasteiger partial charge on any atom is 0.251 e. The molecule has 1 atom stereocenters. The third-order valence-corrected chi connectivity index (χ3v) is 5.11. The summed E-state index contributed by atoms with van der Waals surface area (Å²) in [6.07, 6.45) is 3.79. The average molecular weight is 387 g/mol. The molecule has 1 heterocycles. The molecule has 3 rings (SSSR count). The van der Waals surface area contributed by atoms with E-state index in [1.54, 1.807) is 0 Å². The third-order valence-electron chi connectivity index (χ3n) is 4.58. The second-order valence-electron chi connectivity index (χ2n) is 6.24. The highest BCUT2D eigenvalue weighted by Crippen LogP contribution is 2.24. The molecular formula is C20H23BrN2O. The van der Waals surface area contributed by atoms with Gasteiger partial charge in [-0.1, -0.05) is 52.7 Å². The molecule has 1 amide bonds. The van der Waals surface area contributed by atoms with Crippen molar-refractivity contribution < 1.29 is 4.79 Å². The smallest absolute Gasteiger partial charge is 0.251 e. The standard InChI is InChI=1S/C20H23BrN2O/c21-18-11-9-17(10-12-18)20(24)22-15-19(16-7-3-1-4-8-16)23-13-5-2-6-14-23/h1,3-4,7-12,19H,2,5-6,13-15H2,(H,22,24)/t19-/m1/s1. The zero-order valence-corrected chi connectivity index (χ0v) is 15.3. The third kappa shape index (κ3) is 4.46. The van der Waals surface area contributed by atoms with Crippen LogP contribution in [0.3, 0.4) is 0 Å². The average Bonchev–Trinajstić information content (AvgIpc) is 2.64. The summed E-state index contributed by atoms with van der Waals surface area (Å²) in [4.78, 5) is 14.9. The highest BCUT2D eigenvalue weighted by atomic mass is 79.9. The molecule has 1 fully saturated rings. The van der Waals surface area contributed by atoms with Gasteiger partial charge >= 0.3 is 0 Å². The van der Waals surface area contributed by atoms with Gasteiger partial charge in [0.2, 0.25) is 0 Å². The van der Waals surface area contributed by atoms with Crippen LogP contribution in [0.2, 0.25) is 0 Å². The number of piperidine rings is 1. The van der Waals surface area contributed by atoms with Gasteiger partial charge in [0.15, 0.2) is 0 Å². The molecule has 0 aliphatic carbocycles. The molecule has 1 aliphatic rings. The van der Waals surface area contributed by atoms with E-state index >= 15 is 0 Å². The van der Waals surface area contributed by atoms with Crippen LogP contribution in [0.5, 0.6) is 0 Å². The van der Waals surface area contributed by atoms with Crippen LogP contribution in [-0.2, 0) is 0 Å². The predicted molar refractivity (Wildman–Crippen MR) is 101 cm³/mol. The summed E-state index contributed by atoms with van der Waals surface area (Å²) in [7, 11) is 0. The first-order valence-corrected chi connectivity index (χ1v) is 9.36. The predicted octanol–water partition coefficient (Wildman–Crippen LogP) is 4.41. The number of rotatable bonds is 5.